The monoisotopic (exact) mass is 1010 g/mol. The van der Waals surface area contributed by atoms with Gasteiger partial charge in [0.1, 0.15) is 40.1 Å². The number of aliphatic imine (C=N–C) groups is 1. The van der Waals surface area contributed by atoms with E-state index in [1.807, 2.05) is 49.0 Å². The van der Waals surface area contributed by atoms with Gasteiger partial charge in [0.05, 0.1) is 37.2 Å². The van der Waals surface area contributed by atoms with Crippen LogP contribution < -0.4 is 28.2 Å². The Kier molecular flexibility index (Phi) is 13.4. The Balaban J connectivity index is 1.30. The third kappa shape index (κ3) is 9.87. The zero-order valence-corrected chi connectivity index (χ0v) is 40.9. The van der Waals surface area contributed by atoms with Crippen LogP contribution in [0.25, 0.3) is 38.9 Å². The number of phosphoric ester groups is 2. The molecule has 8 N–H and O–H groups in total. The predicted octanol–water partition coefficient (Wildman–Crippen LogP) is 7.23. The molecule has 23 heteroatoms. The van der Waals surface area contributed by atoms with Gasteiger partial charge in [0.2, 0.25) is 0 Å². The lowest BCUT2D eigenvalue weighted by atomic mass is 10.00. The van der Waals surface area contributed by atoms with Gasteiger partial charge in [-0.2, -0.15) is 4.68 Å². The van der Waals surface area contributed by atoms with E-state index in [0.717, 1.165) is 28.6 Å². The van der Waals surface area contributed by atoms with E-state index in [1.54, 1.807) is 54.2 Å². The van der Waals surface area contributed by atoms with Crippen molar-refractivity contribution in [3.63, 3.8) is 0 Å². The number of ether oxygens (including phenoxy) is 2. The molecule has 0 aliphatic rings. The SMILES string of the molecule is C=C(O)N(C(=NC)c1cc(CC)c(OP(=O)(O)O)cc1O)c1ccc2c(c1)c(C)cn2-[n+]1nc(O)n(-c2ccc3c(ccn3C)c2)c1-c1cc(CCc2ccc(OC)c(OC)c2)c(OP(=O)(O)O)cc1O. The standard InChI is InChI=1S/C48H49N7O14P2/c1-8-30-21-36(40(57)24-43(30)68-70(60,61)62)46(49-4)53(28(3)56)34-13-15-39-35(23-34)27(2)26-52(39)55-47(54(48(59)50-55)33-12-14-38-31(20-33)17-18-51(38)5)37-22-32(44(25-41(37)58)69-71(63,64)65)11-9-29-10-16-42(66-6)45(19-29)67-7/h10,12-26H,3,8-9,11H2,1-2,4-7H3,(H7,49,50,56,57,59,60,61,62,63,64,65)/p+1. The number of benzene rings is 5. The molecule has 370 valence electrons. The molecule has 0 amide bonds. The Morgan fingerprint density at radius 3 is 2.13 bits per heavy atom. The highest BCUT2D eigenvalue weighted by Crippen LogP contribution is 2.45. The maximum absolute atomic E-state index is 12.3. The quantitative estimate of drug-likeness (QED) is 0.0156. The second-order valence-electron chi connectivity index (χ2n) is 16.3. The van der Waals surface area contributed by atoms with Crippen LogP contribution in [0.15, 0.2) is 115 Å². The molecular weight excluding hydrogens is 961 g/mol. The highest BCUT2D eigenvalue weighted by Gasteiger charge is 2.35. The first-order valence-corrected chi connectivity index (χ1v) is 24.7. The Morgan fingerprint density at radius 2 is 1.48 bits per heavy atom. The summed E-state index contributed by atoms with van der Waals surface area (Å²) in [4.78, 5) is 45.9. The molecule has 0 atom stereocenters. The molecule has 0 radical (unpaired) electrons. The maximum atomic E-state index is 12.3. The number of nitrogens with zero attached hydrogens (tertiary/aromatic N) is 7. The van der Waals surface area contributed by atoms with Crippen molar-refractivity contribution in [1.82, 2.24) is 18.9 Å². The van der Waals surface area contributed by atoms with Gasteiger partial charge in [0.15, 0.2) is 17.4 Å². The van der Waals surface area contributed by atoms with Crippen LogP contribution in [0.3, 0.4) is 0 Å². The van der Waals surface area contributed by atoms with Crippen LogP contribution in [0.4, 0.5) is 5.69 Å². The largest absolute Gasteiger partial charge is 0.524 e. The number of phenols is 2. The van der Waals surface area contributed by atoms with Gasteiger partial charge in [-0.25, -0.2) is 9.13 Å². The van der Waals surface area contributed by atoms with Crippen molar-refractivity contribution >= 4 is 49.0 Å². The smallest absolute Gasteiger partial charge is 0.507 e. The normalized spacial score (nSPS) is 12.2. The third-order valence-corrected chi connectivity index (χ3v) is 12.7. The maximum Gasteiger partial charge on any atom is 0.524 e. The number of aromatic hydroxyl groups is 3. The number of methoxy groups -OCH3 is 2. The van der Waals surface area contributed by atoms with Crippen LogP contribution in [-0.2, 0) is 35.4 Å². The van der Waals surface area contributed by atoms with Gasteiger partial charge in [-0.3, -0.25) is 29.5 Å². The number of rotatable bonds is 16. The van der Waals surface area contributed by atoms with Crippen molar-refractivity contribution in [3.05, 3.63) is 138 Å². The van der Waals surface area contributed by atoms with Gasteiger partial charge in [0.25, 0.3) is 0 Å². The van der Waals surface area contributed by atoms with Gasteiger partial charge in [0, 0.05) is 53.8 Å². The van der Waals surface area contributed by atoms with Crippen LogP contribution in [0.1, 0.15) is 34.7 Å². The number of amidine groups is 1. The number of aliphatic hydroxyl groups is 1. The molecule has 5 aromatic carbocycles. The fourth-order valence-corrected chi connectivity index (χ4v) is 9.43. The lowest BCUT2D eigenvalue weighted by Crippen LogP contribution is -2.45. The first kappa shape index (κ1) is 49.6. The molecular formula is C48H50N7O14P2+. The number of phosphoric acid groups is 2. The summed E-state index contributed by atoms with van der Waals surface area (Å²) in [6, 6.07) is 22.4. The van der Waals surface area contributed by atoms with Crippen LogP contribution in [-0.4, -0.2) is 86.0 Å². The zero-order valence-electron chi connectivity index (χ0n) is 39.1. The molecule has 0 spiro atoms. The van der Waals surface area contributed by atoms with E-state index in [9.17, 15) is 49.1 Å². The van der Waals surface area contributed by atoms with Gasteiger partial charge in [-0.15, -0.1) is 4.57 Å². The fourth-order valence-electron chi connectivity index (χ4n) is 8.58. The second kappa shape index (κ2) is 19.2. The molecule has 3 heterocycles. The summed E-state index contributed by atoms with van der Waals surface area (Å²) in [7, 11) is -3.79. The van der Waals surface area contributed by atoms with E-state index >= 15 is 0 Å². The summed E-state index contributed by atoms with van der Waals surface area (Å²) in [6.45, 7) is 7.30. The minimum Gasteiger partial charge on any atom is -0.507 e. The second-order valence-corrected chi connectivity index (χ2v) is 18.7. The van der Waals surface area contributed by atoms with Gasteiger partial charge in [-0.05, 0) is 127 Å². The predicted molar refractivity (Wildman–Crippen MR) is 263 cm³/mol. The van der Waals surface area contributed by atoms with E-state index in [0.29, 0.717) is 51.3 Å². The lowest BCUT2D eigenvalue weighted by Gasteiger charge is -2.26. The Labute approximate surface area is 405 Å². The van der Waals surface area contributed by atoms with Crippen LogP contribution in [0, 0.1) is 6.92 Å². The number of phenolic OH excluding ortho intramolecular Hbond substituents is 2. The molecule has 0 saturated carbocycles. The summed E-state index contributed by atoms with van der Waals surface area (Å²) in [5, 5.41) is 52.2. The number of aliphatic hydroxyl groups excluding tert-OH is 1. The van der Waals surface area contributed by atoms with E-state index < -0.39 is 39.0 Å². The molecule has 3 aromatic heterocycles. The van der Waals surface area contributed by atoms with Crippen molar-refractivity contribution in [1.29, 1.82) is 0 Å². The summed E-state index contributed by atoms with van der Waals surface area (Å²) in [6.07, 6.45) is 4.31. The third-order valence-electron chi connectivity index (χ3n) is 11.8. The molecule has 0 aliphatic carbocycles. The van der Waals surface area contributed by atoms with E-state index in [-0.39, 0.29) is 52.7 Å². The number of hydrogen-bond acceptors (Lipinski definition) is 12. The van der Waals surface area contributed by atoms with Crippen LogP contribution in [0.5, 0.6) is 40.5 Å². The number of aryl methyl sites for hydroxylation is 5. The molecule has 0 bridgehead atoms. The Hall–Kier alpha value is -7.77. The van der Waals surface area contributed by atoms with Crippen LogP contribution in [0.2, 0.25) is 0 Å². The summed E-state index contributed by atoms with van der Waals surface area (Å²) in [5.41, 5.74) is 4.40. The Morgan fingerprint density at radius 1 is 0.803 bits per heavy atom. The molecule has 8 rings (SSSR count). The van der Waals surface area contributed by atoms with Gasteiger partial charge >= 0.3 is 27.5 Å². The molecule has 71 heavy (non-hydrogen) atoms. The number of hydrogen-bond donors (Lipinski definition) is 8. The summed E-state index contributed by atoms with van der Waals surface area (Å²) in [5.74, 6) is -0.844. The zero-order chi connectivity index (χ0) is 51.3. The van der Waals surface area contributed by atoms with Crippen LogP contribution >= 0.6 is 15.6 Å². The average Bonchev–Trinajstić information content (AvgIpc) is 3.97. The molecule has 0 unspecified atom stereocenters. The van der Waals surface area contributed by atoms with Crippen molar-refractivity contribution < 1.29 is 72.4 Å². The fraction of sp³-hybridized carbons (Fsp3) is 0.188. The summed E-state index contributed by atoms with van der Waals surface area (Å²) < 4.78 is 49.9. The number of fused-ring (bicyclic) bond motifs is 2. The van der Waals surface area contributed by atoms with Gasteiger partial charge < -0.3 is 43.5 Å². The number of anilines is 1. The Bertz CT molecular complexity index is 3530. The molecule has 8 aromatic rings. The molecule has 21 nitrogen and oxygen atoms in total. The highest BCUT2D eigenvalue weighted by molar-refractivity contribution is 7.47. The van der Waals surface area contributed by atoms with E-state index in [1.165, 1.54) is 47.7 Å². The first-order valence-electron chi connectivity index (χ1n) is 21.6. The van der Waals surface area contributed by atoms with E-state index in [4.69, 9.17) is 18.5 Å². The van der Waals surface area contributed by atoms with Crippen molar-refractivity contribution in [2.24, 2.45) is 12.0 Å². The minimum atomic E-state index is -5.15. The topological polar surface area (TPSA) is 280 Å². The minimum absolute atomic E-state index is 0.0168. The van der Waals surface area contributed by atoms with Crippen molar-refractivity contribution in [2.75, 3.05) is 26.2 Å². The summed E-state index contributed by atoms with van der Waals surface area (Å²) >= 11 is 0. The van der Waals surface area contributed by atoms with E-state index in [2.05, 4.69) is 16.7 Å². The molecule has 0 aliphatic heterocycles. The highest BCUT2D eigenvalue weighted by atomic mass is 31.2. The first-order chi connectivity index (χ1) is 33.6. The van der Waals surface area contributed by atoms with Crippen molar-refractivity contribution in [2.45, 2.75) is 33.1 Å². The number of aromatic nitrogens is 5. The lowest BCUT2D eigenvalue weighted by molar-refractivity contribution is -0.767. The molecule has 0 saturated heterocycles. The molecule has 0 fully saturated rings. The van der Waals surface area contributed by atoms with Gasteiger partial charge in [-0.1, -0.05) is 13.0 Å². The van der Waals surface area contributed by atoms with Crippen molar-refractivity contribution in [3.8, 4) is 57.6 Å². The average molecular weight is 1010 g/mol.